The average molecular weight is 304 g/mol. The Morgan fingerprint density at radius 2 is 1.95 bits per heavy atom. The van der Waals surface area contributed by atoms with Crippen LogP contribution in [0.3, 0.4) is 0 Å². The van der Waals surface area contributed by atoms with Crippen molar-refractivity contribution in [2.24, 2.45) is 0 Å². The van der Waals surface area contributed by atoms with Crippen LogP contribution in [0, 0.1) is 5.82 Å². The molecule has 4 nitrogen and oxygen atoms in total. The molecule has 0 unspecified atom stereocenters. The van der Waals surface area contributed by atoms with Crippen molar-refractivity contribution in [3.05, 3.63) is 59.4 Å². The molecule has 0 aliphatic carbocycles. The van der Waals surface area contributed by atoms with Crippen molar-refractivity contribution >= 4 is 5.97 Å². The molecule has 0 atom stereocenters. The van der Waals surface area contributed by atoms with E-state index >= 15 is 0 Å². The van der Waals surface area contributed by atoms with Gasteiger partial charge in [0.1, 0.15) is 29.5 Å². The average Bonchev–Trinajstić information content (AvgIpc) is 2.46. The molecule has 0 aliphatic rings. The molecule has 5 heteroatoms. The van der Waals surface area contributed by atoms with Gasteiger partial charge >= 0.3 is 5.97 Å². The minimum absolute atomic E-state index is 0.0136. The summed E-state index contributed by atoms with van der Waals surface area (Å²) in [5, 5.41) is 9.24. The van der Waals surface area contributed by atoms with Gasteiger partial charge in [-0.3, -0.25) is 0 Å². The van der Waals surface area contributed by atoms with Gasteiger partial charge in [0.15, 0.2) is 0 Å². The maximum atomic E-state index is 13.5. The highest BCUT2D eigenvalue weighted by molar-refractivity contribution is 5.91. The summed E-state index contributed by atoms with van der Waals surface area (Å²) < 4.78 is 24.4. The number of carboxylic acid groups (broad SMARTS) is 1. The normalized spacial score (nSPS) is 10.5. The van der Waals surface area contributed by atoms with E-state index in [9.17, 15) is 14.3 Å². The standard InChI is InChI=1S/C17H17FO4/c1-11(2)22-16-8-7-13(9-14(16)17(19)20)21-10-12-5-3-4-6-15(12)18/h3-9,11H,10H2,1-2H3,(H,19,20). The highest BCUT2D eigenvalue weighted by Gasteiger charge is 2.14. The fourth-order valence-electron chi connectivity index (χ4n) is 1.90. The monoisotopic (exact) mass is 304 g/mol. The Bertz CT molecular complexity index is 667. The number of hydrogen-bond acceptors (Lipinski definition) is 3. The molecule has 2 aromatic rings. The van der Waals surface area contributed by atoms with Crippen LogP contribution in [-0.4, -0.2) is 17.2 Å². The summed E-state index contributed by atoms with van der Waals surface area (Å²) in [6, 6.07) is 10.8. The number of carboxylic acids is 1. The van der Waals surface area contributed by atoms with Gasteiger partial charge in [0.05, 0.1) is 6.10 Å². The molecule has 0 heterocycles. The van der Waals surface area contributed by atoms with Gasteiger partial charge in [-0.2, -0.15) is 0 Å². The van der Waals surface area contributed by atoms with E-state index in [-0.39, 0.29) is 29.8 Å². The Hall–Kier alpha value is -2.56. The van der Waals surface area contributed by atoms with E-state index in [0.29, 0.717) is 11.3 Å². The summed E-state index contributed by atoms with van der Waals surface area (Å²) in [4.78, 5) is 11.3. The quantitative estimate of drug-likeness (QED) is 0.879. The summed E-state index contributed by atoms with van der Waals surface area (Å²) in [6.07, 6.45) is -0.136. The third-order valence-corrected chi connectivity index (χ3v) is 2.90. The zero-order valence-corrected chi connectivity index (χ0v) is 12.4. The predicted octanol–water partition coefficient (Wildman–Crippen LogP) is 3.89. The van der Waals surface area contributed by atoms with E-state index in [1.807, 2.05) is 13.8 Å². The summed E-state index contributed by atoms with van der Waals surface area (Å²) >= 11 is 0. The molecule has 0 aliphatic heterocycles. The van der Waals surface area contributed by atoms with Gasteiger partial charge in [0, 0.05) is 5.56 Å². The van der Waals surface area contributed by atoms with Crippen molar-refractivity contribution in [2.75, 3.05) is 0 Å². The highest BCUT2D eigenvalue weighted by atomic mass is 19.1. The number of rotatable bonds is 6. The van der Waals surface area contributed by atoms with Crippen molar-refractivity contribution < 1.29 is 23.8 Å². The minimum Gasteiger partial charge on any atom is -0.490 e. The lowest BCUT2D eigenvalue weighted by atomic mass is 10.2. The second-order valence-electron chi connectivity index (χ2n) is 5.01. The van der Waals surface area contributed by atoms with E-state index < -0.39 is 5.97 Å². The minimum atomic E-state index is -1.10. The lowest BCUT2D eigenvalue weighted by molar-refractivity contribution is 0.0690. The Balaban J connectivity index is 2.17. The highest BCUT2D eigenvalue weighted by Crippen LogP contribution is 2.26. The number of aromatic carboxylic acids is 1. The molecule has 0 radical (unpaired) electrons. The van der Waals surface area contributed by atoms with Crippen LogP contribution >= 0.6 is 0 Å². The molecular weight excluding hydrogens is 287 g/mol. The molecule has 0 fully saturated rings. The molecule has 0 amide bonds. The molecule has 2 rings (SSSR count). The SMILES string of the molecule is CC(C)Oc1ccc(OCc2ccccc2F)cc1C(=O)O. The van der Waals surface area contributed by atoms with Gasteiger partial charge in [-0.15, -0.1) is 0 Å². The van der Waals surface area contributed by atoms with E-state index in [1.54, 1.807) is 30.3 Å². The second kappa shape index (κ2) is 6.93. The van der Waals surface area contributed by atoms with Crippen molar-refractivity contribution in [3.8, 4) is 11.5 Å². The second-order valence-corrected chi connectivity index (χ2v) is 5.01. The van der Waals surface area contributed by atoms with Crippen LogP contribution in [0.15, 0.2) is 42.5 Å². The smallest absolute Gasteiger partial charge is 0.339 e. The van der Waals surface area contributed by atoms with Gasteiger partial charge in [-0.05, 0) is 38.1 Å². The molecule has 0 spiro atoms. The Morgan fingerprint density at radius 1 is 1.23 bits per heavy atom. The first-order valence-corrected chi connectivity index (χ1v) is 6.87. The number of halogens is 1. The van der Waals surface area contributed by atoms with Crippen LogP contribution < -0.4 is 9.47 Å². The number of hydrogen-bond donors (Lipinski definition) is 1. The topological polar surface area (TPSA) is 55.8 Å². The molecule has 0 bridgehead atoms. The Labute approximate surface area is 128 Å². The lowest BCUT2D eigenvalue weighted by Crippen LogP contribution is -2.10. The number of ether oxygens (including phenoxy) is 2. The first-order valence-electron chi connectivity index (χ1n) is 6.87. The van der Waals surface area contributed by atoms with Crippen LogP contribution in [0.2, 0.25) is 0 Å². The zero-order valence-electron chi connectivity index (χ0n) is 12.4. The van der Waals surface area contributed by atoms with Crippen LogP contribution in [0.25, 0.3) is 0 Å². The van der Waals surface area contributed by atoms with Crippen LogP contribution in [-0.2, 0) is 6.61 Å². The summed E-state index contributed by atoms with van der Waals surface area (Å²) in [6.45, 7) is 3.65. The molecular formula is C17H17FO4. The molecule has 116 valence electrons. The maximum absolute atomic E-state index is 13.5. The van der Waals surface area contributed by atoms with Gasteiger partial charge in [-0.25, -0.2) is 9.18 Å². The molecule has 0 saturated carbocycles. The zero-order chi connectivity index (χ0) is 16.1. The van der Waals surface area contributed by atoms with E-state index in [2.05, 4.69) is 0 Å². The van der Waals surface area contributed by atoms with E-state index in [0.717, 1.165) is 0 Å². The number of carbonyl (C=O) groups is 1. The van der Waals surface area contributed by atoms with Crippen LogP contribution in [0.5, 0.6) is 11.5 Å². The van der Waals surface area contributed by atoms with Crippen molar-refractivity contribution in [1.29, 1.82) is 0 Å². The molecule has 0 saturated heterocycles. The van der Waals surface area contributed by atoms with Gasteiger partial charge in [-0.1, -0.05) is 18.2 Å². The van der Waals surface area contributed by atoms with Crippen molar-refractivity contribution in [1.82, 2.24) is 0 Å². The maximum Gasteiger partial charge on any atom is 0.339 e. The van der Waals surface area contributed by atoms with E-state index in [4.69, 9.17) is 9.47 Å². The Kier molecular flexibility index (Phi) is 4.99. The largest absolute Gasteiger partial charge is 0.490 e. The predicted molar refractivity (Wildman–Crippen MR) is 79.9 cm³/mol. The van der Waals surface area contributed by atoms with E-state index in [1.165, 1.54) is 12.1 Å². The molecule has 1 N–H and O–H groups in total. The summed E-state index contributed by atoms with van der Waals surface area (Å²) in [5.74, 6) is -0.842. The molecule has 22 heavy (non-hydrogen) atoms. The van der Waals surface area contributed by atoms with Crippen LogP contribution in [0.1, 0.15) is 29.8 Å². The Morgan fingerprint density at radius 3 is 2.59 bits per heavy atom. The van der Waals surface area contributed by atoms with Crippen molar-refractivity contribution in [2.45, 2.75) is 26.6 Å². The van der Waals surface area contributed by atoms with Crippen molar-refractivity contribution in [3.63, 3.8) is 0 Å². The third-order valence-electron chi connectivity index (χ3n) is 2.90. The molecule has 2 aromatic carbocycles. The van der Waals surface area contributed by atoms with Gasteiger partial charge in [0.2, 0.25) is 0 Å². The lowest BCUT2D eigenvalue weighted by Gasteiger charge is -2.14. The molecule has 0 aromatic heterocycles. The first kappa shape index (κ1) is 15.8. The summed E-state index contributed by atoms with van der Waals surface area (Å²) in [5.41, 5.74) is 0.418. The third kappa shape index (κ3) is 3.97. The fourth-order valence-corrected chi connectivity index (χ4v) is 1.90. The van der Waals surface area contributed by atoms with Gasteiger partial charge in [0.25, 0.3) is 0 Å². The summed E-state index contributed by atoms with van der Waals surface area (Å²) in [7, 11) is 0. The van der Waals surface area contributed by atoms with Crippen LogP contribution in [0.4, 0.5) is 4.39 Å². The number of benzene rings is 2. The first-order chi connectivity index (χ1) is 10.5. The van der Waals surface area contributed by atoms with Gasteiger partial charge < -0.3 is 14.6 Å². The fraction of sp³-hybridized carbons (Fsp3) is 0.235.